The number of para-hydroxylation sites is 2. The maximum atomic E-state index is 14.4. The third kappa shape index (κ3) is 5.94. The molecule has 2 atom stereocenters. The number of aromatic amines is 1. The molecule has 0 bridgehead atoms. The largest absolute Gasteiger partial charge is 0.354 e. The maximum absolute atomic E-state index is 14.4. The number of thioether (sulfide) groups is 1. The minimum atomic E-state index is -0.930. The lowest BCUT2D eigenvalue weighted by molar-refractivity contribution is -0.124. The lowest BCUT2D eigenvalue weighted by atomic mass is 10.0. The summed E-state index contributed by atoms with van der Waals surface area (Å²) < 4.78 is 0. The molecule has 0 spiro atoms. The molecule has 0 fully saturated rings. The Morgan fingerprint density at radius 1 is 0.833 bits per heavy atom. The van der Waals surface area contributed by atoms with Gasteiger partial charge in [0, 0.05) is 22.3 Å². The van der Waals surface area contributed by atoms with Crippen LogP contribution in [-0.2, 0) is 16.0 Å². The van der Waals surface area contributed by atoms with E-state index in [1.807, 2.05) is 109 Å². The van der Waals surface area contributed by atoms with Crippen molar-refractivity contribution in [1.82, 2.24) is 15.6 Å². The third-order valence-electron chi connectivity index (χ3n) is 7.31. The van der Waals surface area contributed by atoms with Crippen molar-refractivity contribution in [2.24, 2.45) is 0 Å². The molecule has 1 aliphatic heterocycles. The molecule has 6 rings (SSSR count). The number of nitrogens with one attached hydrogen (secondary N) is 3. The van der Waals surface area contributed by atoms with Crippen molar-refractivity contribution in [2.45, 2.75) is 22.6 Å². The smallest absolute Gasteiger partial charge is 0.268 e. The van der Waals surface area contributed by atoms with Crippen LogP contribution in [0.4, 0.5) is 5.69 Å². The topological polar surface area (TPSA) is 94.3 Å². The van der Waals surface area contributed by atoms with E-state index in [-0.39, 0.29) is 24.3 Å². The molecule has 0 aliphatic carbocycles. The molecule has 1 aliphatic rings. The van der Waals surface area contributed by atoms with E-state index in [9.17, 15) is 14.4 Å². The van der Waals surface area contributed by atoms with Crippen LogP contribution < -0.4 is 15.5 Å². The van der Waals surface area contributed by atoms with Crippen LogP contribution in [0.15, 0.2) is 120 Å². The summed E-state index contributed by atoms with van der Waals surface area (Å²) in [6, 6.07) is 35.7. The first-order valence-electron chi connectivity index (χ1n) is 13.9. The van der Waals surface area contributed by atoms with Gasteiger partial charge in [-0.1, -0.05) is 91.0 Å². The Balaban J connectivity index is 1.29. The van der Waals surface area contributed by atoms with Gasteiger partial charge in [0.2, 0.25) is 5.91 Å². The van der Waals surface area contributed by atoms with E-state index in [0.29, 0.717) is 24.3 Å². The molecular formula is C34H30N4O3S. The summed E-state index contributed by atoms with van der Waals surface area (Å²) in [5.74, 6) is -0.994. The summed E-state index contributed by atoms with van der Waals surface area (Å²) in [4.78, 5) is 46.6. The van der Waals surface area contributed by atoms with E-state index in [1.165, 1.54) is 16.7 Å². The Morgan fingerprint density at radius 2 is 1.52 bits per heavy atom. The predicted octanol–water partition coefficient (Wildman–Crippen LogP) is 5.51. The summed E-state index contributed by atoms with van der Waals surface area (Å²) in [6.07, 6.45) is 0.687. The van der Waals surface area contributed by atoms with Gasteiger partial charge in [0.15, 0.2) is 0 Å². The van der Waals surface area contributed by atoms with E-state index in [1.54, 1.807) is 6.07 Å². The number of H-pyrrole nitrogens is 1. The quantitative estimate of drug-likeness (QED) is 0.228. The highest BCUT2D eigenvalue weighted by atomic mass is 32.2. The molecule has 210 valence electrons. The number of anilines is 1. The predicted molar refractivity (Wildman–Crippen MR) is 167 cm³/mol. The number of hydrogen-bond donors (Lipinski definition) is 3. The van der Waals surface area contributed by atoms with Crippen LogP contribution in [0.25, 0.3) is 10.9 Å². The Labute approximate surface area is 248 Å². The van der Waals surface area contributed by atoms with Crippen molar-refractivity contribution < 1.29 is 14.4 Å². The SMILES string of the molecule is O=C(CN1C(=O)[C@@H](NC(=O)c2cc3ccccc3[nH]2)[C@H](c2ccccc2)Sc2ccccc21)NCCc1ccccc1. The third-order valence-corrected chi connectivity index (χ3v) is 8.71. The molecule has 3 amide bonds. The van der Waals surface area contributed by atoms with Gasteiger partial charge in [-0.2, -0.15) is 0 Å². The van der Waals surface area contributed by atoms with Gasteiger partial charge in [-0.15, -0.1) is 11.8 Å². The highest BCUT2D eigenvalue weighted by Gasteiger charge is 2.40. The molecule has 8 heteroatoms. The van der Waals surface area contributed by atoms with Gasteiger partial charge in [-0.25, -0.2) is 0 Å². The standard InChI is InChI=1S/C34H30N4O3S/c39-30(35-20-19-23-11-3-1-4-12-23)22-38-28-17-9-10-18-29(28)42-32(24-13-5-2-6-14-24)31(34(38)41)37-33(40)27-21-25-15-7-8-16-26(25)36-27/h1-18,21,31-32,36H,19-20,22H2,(H,35,39)(H,37,40)/t31-,32-/m0/s1. The molecule has 42 heavy (non-hydrogen) atoms. The van der Waals surface area contributed by atoms with Crippen molar-refractivity contribution in [3.8, 4) is 0 Å². The van der Waals surface area contributed by atoms with Crippen molar-refractivity contribution in [3.05, 3.63) is 132 Å². The van der Waals surface area contributed by atoms with E-state index in [0.717, 1.165) is 26.9 Å². The summed E-state index contributed by atoms with van der Waals surface area (Å²) in [6.45, 7) is 0.292. The fourth-order valence-corrected chi connectivity index (χ4v) is 6.55. The second-order valence-electron chi connectivity index (χ2n) is 10.1. The monoisotopic (exact) mass is 574 g/mol. The van der Waals surface area contributed by atoms with Crippen LogP contribution in [0, 0.1) is 0 Å². The van der Waals surface area contributed by atoms with Crippen molar-refractivity contribution in [3.63, 3.8) is 0 Å². The van der Waals surface area contributed by atoms with Gasteiger partial charge in [-0.3, -0.25) is 14.4 Å². The number of aromatic nitrogens is 1. The van der Waals surface area contributed by atoms with Crippen molar-refractivity contribution in [2.75, 3.05) is 18.0 Å². The lowest BCUT2D eigenvalue weighted by Crippen LogP contribution is -2.52. The number of hydrogen-bond acceptors (Lipinski definition) is 4. The summed E-state index contributed by atoms with van der Waals surface area (Å²) in [7, 11) is 0. The molecule has 7 nitrogen and oxygen atoms in total. The number of carbonyl (C=O) groups is 3. The molecule has 1 aromatic heterocycles. The van der Waals surface area contributed by atoms with Crippen molar-refractivity contribution >= 4 is 46.1 Å². The maximum Gasteiger partial charge on any atom is 0.268 e. The molecule has 0 saturated carbocycles. The molecule has 0 radical (unpaired) electrons. The first kappa shape index (κ1) is 27.4. The van der Waals surface area contributed by atoms with E-state index in [4.69, 9.17) is 0 Å². The number of carbonyl (C=O) groups excluding carboxylic acids is 3. The molecule has 0 saturated heterocycles. The van der Waals surface area contributed by atoms with Crippen molar-refractivity contribution in [1.29, 1.82) is 0 Å². The number of amides is 3. The molecule has 2 heterocycles. The highest BCUT2D eigenvalue weighted by molar-refractivity contribution is 7.99. The fraction of sp³-hybridized carbons (Fsp3) is 0.147. The van der Waals surface area contributed by atoms with Gasteiger partial charge in [0.05, 0.1) is 10.9 Å². The summed E-state index contributed by atoms with van der Waals surface area (Å²) in [5.41, 5.74) is 3.88. The van der Waals surface area contributed by atoms with Crippen LogP contribution in [-0.4, -0.2) is 41.8 Å². The summed E-state index contributed by atoms with van der Waals surface area (Å²) in [5, 5.41) is 6.47. The van der Waals surface area contributed by atoms with Gasteiger partial charge < -0.3 is 20.5 Å². The minimum Gasteiger partial charge on any atom is -0.354 e. The zero-order chi connectivity index (χ0) is 28.9. The second kappa shape index (κ2) is 12.4. The fourth-order valence-electron chi connectivity index (χ4n) is 5.21. The highest BCUT2D eigenvalue weighted by Crippen LogP contribution is 2.45. The van der Waals surface area contributed by atoms with E-state index < -0.39 is 11.3 Å². The number of fused-ring (bicyclic) bond motifs is 2. The molecule has 4 aromatic carbocycles. The zero-order valence-electron chi connectivity index (χ0n) is 22.8. The van der Waals surface area contributed by atoms with Crippen LogP contribution in [0.3, 0.4) is 0 Å². The Morgan fingerprint density at radius 3 is 2.31 bits per heavy atom. The first-order chi connectivity index (χ1) is 20.6. The van der Waals surface area contributed by atoms with Gasteiger partial charge in [0.1, 0.15) is 18.3 Å². The number of benzene rings is 4. The first-order valence-corrected chi connectivity index (χ1v) is 14.8. The molecule has 3 N–H and O–H groups in total. The van der Waals surface area contributed by atoms with E-state index >= 15 is 0 Å². The van der Waals surface area contributed by atoms with Gasteiger partial charge >= 0.3 is 0 Å². The van der Waals surface area contributed by atoms with Crippen LogP contribution >= 0.6 is 11.8 Å². The summed E-state index contributed by atoms with van der Waals surface area (Å²) >= 11 is 1.51. The van der Waals surface area contributed by atoms with Crippen LogP contribution in [0.1, 0.15) is 26.9 Å². The molecular weight excluding hydrogens is 544 g/mol. The van der Waals surface area contributed by atoms with Crippen LogP contribution in [0.5, 0.6) is 0 Å². The zero-order valence-corrected chi connectivity index (χ0v) is 23.6. The lowest BCUT2D eigenvalue weighted by Gasteiger charge is -2.28. The average molecular weight is 575 g/mol. The number of nitrogens with zero attached hydrogens (tertiary/aromatic N) is 1. The number of rotatable bonds is 8. The molecule has 0 unspecified atom stereocenters. The Kier molecular flexibility index (Phi) is 8.05. The average Bonchev–Trinajstić information content (AvgIpc) is 3.43. The Hall–Kier alpha value is -4.82. The molecule has 5 aromatic rings. The van der Waals surface area contributed by atoms with Gasteiger partial charge in [-0.05, 0) is 41.8 Å². The van der Waals surface area contributed by atoms with E-state index in [2.05, 4.69) is 15.6 Å². The van der Waals surface area contributed by atoms with Crippen LogP contribution in [0.2, 0.25) is 0 Å². The second-order valence-corrected chi connectivity index (χ2v) is 11.3. The minimum absolute atomic E-state index is 0.161. The normalized spacial score (nSPS) is 16.5. The van der Waals surface area contributed by atoms with Gasteiger partial charge in [0.25, 0.3) is 11.8 Å². The Bertz CT molecular complexity index is 1690.